The fourth-order valence-electron chi connectivity index (χ4n) is 3.64. The van der Waals surface area contributed by atoms with Crippen molar-refractivity contribution in [2.45, 2.75) is 39.3 Å². The van der Waals surface area contributed by atoms with Crippen molar-refractivity contribution in [2.75, 3.05) is 6.54 Å². The minimum atomic E-state index is 0.108. The quantitative estimate of drug-likeness (QED) is 0.737. The Balaban J connectivity index is 1.57. The second kappa shape index (κ2) is 6.31. The Morgan fingerprint density at radius 2 is 2.00 bits per heavy atom. The van der Waals surface area contributed by atoms with E-state index in [0.29, 0.717) is 0 Å². The fourth-order valence-corrected chi connectivity index (χ4v) is 3.64. The van der Waals surface area contributed by atoms with Gasteiger partial charge in [-0.2, -0.15) is 0 Å². The standard InChI is InChI=1S/C20H22N4O/c1-14-9-10-16(12-15(14)2)18-8-5-11-23(18)20(25)13-24-19-7-4-3-6-17(19)21-22-24/h3-4,6-7,9-10,12,18H,5,8,11,13H2,1-2H3/t18-/m0/s1. The lowest BCUT2D eigenvalue weighted by Crippen LogP contribution is -2.33. The van der Waals surface area contributed by atoms with Crippen molar-refractivity contribution in [1.29, 1.82) is 0 Å². The Morgan fingerprint density at radius 1 is 1.16 bits per heavy atom. The van der Waals surface area contributed by atoms with Gasteiger partial charge in [0.2, 0.25) is 5.91 Å². The molecule has 1 aliphatic heterocycles. The highest BCUT2D eigenvalue weighted by molar-refractivity contribution is 5.80. The monoisotopic (exact) mass is 334 g/mol. The predicted molar refractivity (Wildman–Crippen MR) is 97.1 cm³/mol. The van der Waals surface area contributed by atoms with Crippen molar-refractivity contribution in [3.05, 3.63) is 59.2 Å². The number of carbonyl (C=O) groups is 1. The average Bonchev–Trinajstić information content (AvgIpc) is 3.25. The van der Waals surface area contributed by atoms with Crippen molar-refractivity contribution in [3.63, 3.8) is 0 Å². The number of hydrogen-bond donors (Lipinski definition) is 0. The molecule has 128 valence electrons. The fraction of sp³-hybridized carbons (Fsp3) is 0.350. The van der Waals surface area contributed by atoms with Crippen LogP contribution in [0.1, 0.15) is 35.6 Å². The molecule has 0 unspecified atom stereocenters. The summed E-state index contributed by atoms with van der Waals surface area (Å²) in [5, 5.41) is 8.29. The number of benzene rings is 2. The number of likely N-dealkylation sites (tertiary alicyclic amines) is 1. The molecule has 0 N–H and O–H groups in total. The molecule has 1 fully saturated rings. The largest absolute Gasteiger partial charge is 0.334 e. The molecule has 1 aromatic heterocycles. The highest BCUT2D eigenvalue weighted by Crippen LogP contribution is 2.33. The average molecular weight is 334 g/mol. The summed E-state index contributed by atoms with van der Waals surface area (Å²) in [6.07, 6.45) is 2.06. The van der Waals surface area contributed by atoms with E-state index in [1.54, 1.807) is 4.68 Å². The number of carbonyl (C=O) groups excluding carboxylic acids is 1. The van der Waals surface area contributed by atoms with Crippen molar-refractivity contribution in [1.82, 2.24) is 19.9 Å². The van der Waals surface area contributed by atoms with Gasteiger partial charge in [0.15, 0.2) is 0 Å². The van der Waals surface area contributed by atoms with Crippen molar-refractivity contribution >= 4 is 16.9 Å². The highest BCUT2D eigenvalue weighted by atomic mass is 16.2. The van der Waals surface area contributed by atoms with Crippen LogP contribution in [-0.2, 0) is 11.3 Å². The van der Waals surface area contributed by atoms with Crippen molar-refractivity contribution < 1.29 is 4.79 Å². The smallest absolute Gasteiger partial charge is 0.244 e. The predicted octanol–water partition coefficient (Wildman–Crippen LogP) is 3.41. The molecule has 5 heteroatoms. The molecule has 25 heavy (non-hydrogen) atoms. The first kappa shape index (κ1) is 15.8. The molecular weight excluding hydrogens is 312 g/mol. The number of nitrogens with zero attached hydrogens (tertiary/aromatic N) is 4. The number of hydrogen-bond acceptors (Lipinski definition) is 3. The second-order valence-electron chi connectivity index (χ2n) is 6.82. The Morgan fingerprint density at radius 3 is 2.84 bits per heavy atom. The van der Waals surface area contributed by atoms with Crippen molar-refractivity contribution in [3.8, 4) is 0 Å². The highest BCUT2D eigenvalue weighted by Gasteiger charge is 2.30. The zero-order valence-electron chi connectivity index (χ0n) is 14.6. The third kappa shape index (κ3) is 2.90. The van der Waals surface area contributed by atoms with E-state index in [4.69, 9.17) is 0 Å². The maximum atomic E-state index is 12.9. The van der Waals surface area contributed by atoms with Crippen LogP contribution in [-0.4, -0.2) is 32.3 Å². The number of amides is 1. The van der Waals surface area contributed by atoms with Gasteiger partial charge in [0, 0.05) is 6.54 Å². The SMILES string of the molecule is Cc1ccc([C@@H]2CCCN2C(=O)Cn2nnc3ccccc32)cc1C. The molecule has 0 radical (unpaired) electrons. The molecule has 2 heterocycles. The molecule has 0 bridgehead atoms. The van der Waals surface area contributed by atoms with Crippen molar-refractivity contribution in [2.24, 2.45) is 0 Å². The lowest BCUT2D eigenvalue weighted by atomic mass is 9.99. The summed E-state index contributed by atoms with van der Waals surface area (Å²) >= 11 is 0. The Kier molecular flexibility index (Phi) is 3.99. The Hall–Kier alpha value is -2.69. The van der Waals surface area contributed by atoms with Gasteiger partial charge < -0.3 is 4.90 Å². The summed E-state index contributed by atoms with van der Waals surface area (Å²) in [4.78, 5) is 14.9. The number of aryl methyl sites for hydroxylation is 2. The Bertz CT molecular complexity index is 930. The summed E-state index contributed by atoms with van der Waals surface area (Å²) in [7, 11) is 0. The number of rotatable bonds is 3. The van der Waals surface area contributed by atoms with Gasteiger partial charge >= 0.3 is 0 Å². The van der Waals surface area contributed by atoms with E-state index in [9.17, 15) is 4.79 Å². The first-order valence-electron chi connectivity index (χ1n) is 8.78. The van der Waals surface area contributed by atoms with Crippen LogP contribution < -0.4 is 0 Å². The number of para-hydroxylation sites is 1. The Labute approximate surface area is 147 Å². The third-order valence-electron chi connectivity index (χ3n) is 5.19. The van der Waals surface area contributed by atoms with Gasteiger partial charge in [-0.15, -0.1) is 5.10 Å². The van der Waals surface area contributed by atoms with E-state index in [0.717, 1.165) is 30.4 Å². The molecule has 0 aliphatic carbocycles. The van der Waals surface area contributed by atoms with Crippen LogP contribution in [0.3, 0.4) is 0 Å². The van der Waals surface area contributed by atoms with Crippen LogP contribution in [0.5, 0.6) is 0 Å². The maximum absolute atomic E-state index is 12.9. The molecule has 0 spiro atoms. The summed E-state index contributed by atoms with van der Waals surface area (Å²) in [5.74, 6) is 0.108. The van der Waals surface area contributed by atoms with Gasteiger partial charge in [-0.25, -0.2) is 4.68 Å². The van der Waals surface area contributed by atoms with E-state index in [-0.39, 0.29) is 18.5 Å². The van der Waals surface area contributed by atoms with E-state index < -0.39 is 0 Å². The van der Waals surface area contributed by atoms with Gasteiger partial charge in [0.05, 0.1) is 11.6 Å². The molecule has 1 amide bonds. The zero-order chi connectivity index (χ0) is 17.4. The lowest BCUT2D eigenvalue weighted by Gasteiger charge is -2.25. The first-order chi connectivity index (χ1) is 12.1. The van der Waals surface area contributed by atoms with E-state index in [2.05, 4.69) is 42.4 Å². The van der Waals surface area contributed by atoms with Crippen LogP contribution in [0.15, 0.2) is 42.5 Å². The lowest BCUT2D eigenvalue weighted by molar-refractivity contribution is -0.132. The molecule has 1 saturated heterocycles. The first-order valence-corrected chi connectivity index (χ1v) is 8.78. The van der Waals surface area contributed by atoms with Gasteiger partial charge in [0.1, 0.15) is 12.1 Å². The number of fused-ring (bicyclic) bond motifs is 1. The molecule has 5 nitrogen and oxygen atoms in total. The van der Waals surface area contributed by atoms with Gasteiger partial charge in [-0.05, 0) is 55.5 Å². The molecular formula is C20H22N4O. The van der Waals surface area contributed by atoms with Crippen LogP contribution in [0.2, 0.25) is 0 Å². The summed E-state index contributed by atoms with van der Waals surface area (Å²) < 4.78 is 1.70. The van der Waals surface area contributed by atoms with Gasteiger partial charge in [0.25, 0.3) is 0 Å². The molecule has 3 aromatic rings. The molecule has 0 saturated carbocycles. The normalized spacial score (nSPS) is 17.4. The zero-order valence-corrected chi connectivity index (χ0v) is 14.6. The van der Waals surface area contributed by atoms with Gasteiger partial charge in [-0.1, -0.05) is 35.5 Å². The number of aromatic nitrogens is 3. The third-order valence-corrected chi connectivity index (χ3v) is 5.19. The maximum Gasteiger partial charge on any atom is 0.244 e. The van der Waals surface area contributed by atoms with E-state index in [1.165, 1.54) is 16.7 Å². The molecule has 1 aliphatic rings. The van der Waals surface area contributed by atoms with Crippen LogP contribution in [0.4, 0.5) is 0 Å². The molecule has 2 aromatic carbocycles. The van der Waals surface area contributed by atoms with Crippen LogP contribution >= 0.6 is 0 Å². The summed E-state index contributed by atoms with van der Waals surface area (Å²) in [6, 6.07) is 14.4. The summed E-state index contributed by atoms with van der Waals surface area (Å²) in [5.41, 5.74) is 5.52. The minimum Gasteiger partial charge on any atom is -0.334 e. The summed E-state index contributed by atoms with van der Waals surface area (Å²) in [6.45, 7) is 5.29. The topological polar surface area (TPSA) is 51.0 Å². The van der Waals surface area contributed by atoms with Gasteiger partial charge in [-0.3, -0.25) is 4.79 Å². The van der Waals surface area contributed by atoms with E-state index in [1.807, 2.05) is 29.2 Å². The van der Waals surface area contributed by atoms with E-state index >= 15 is 0 Å². The molecule has 4 rings (SSSR count). The second-order valence-corrected chi connectivity index (χ2v) is 6.82. The minimum absolute atomic E-state index is 0.108. The van der Waals surface area contributed by atoms with Crippen LogP contribution in [0, 0.1) is 13.8 Å². The van der Waals surface area contributed by atoms with Crippen LogP contribution in [0.25, 0.3) is 11.0 Å². The molecule has 1 atom stereocenters.